The highest BCUT2D eigenvalue weighted by Crippen LogP contribution is 2.62. The number of carboxylic acid groups (broad SMARTS) is 2. The van der Waals surface area contributed by atoms with Crippen molar-refractivity contribution < 1.29 is 38.2 Å². The summed E-state index contributed by atoms with van der Waals surface area (Å²) in [7, 11) is -3.87. The maximum absolute atomic E-state index is 13.7. The summed E-state index contributed by atoms with van der Waals surface area (Å²) in [4.78, 5) is 22.6. The molecule has 0 aliphatic heterocycles. The summed E-state index contributed by atoms with van der Waals surface area (Å²) in [5.41, 5.74) is 0.470. The fourth-order valence-electron chi connectivity index (χ4n) is 2.79. The molecule has 10 heteroatoms. The molecule has 0 aromatic heterocycles. The third-order valence-corrected chi connectivity index (χ3v) is 6.22. The van der Waals surface area contributed by atoms with Gasteiger partial charge >= 0.3 is 19.5 Å². The van der Waals surface area contributed by atoms with E-state index < -0.39 is 31.9 Å². The van der Waals surface area contributed by atoms with Crippen LogP contribution in [0.15, 0.2) is 48.5 Å². The van der Waals surface area contributed by atoms with E-state index in [9.17, 15) is 19.3 Å². The van der Waals surface area contributed by atoms with E-state index in [1.54, 1.807) is 44.2 Å². The minimum absolute atomic E-state index is 0.0361. The van der Waals surface area contributed by atoms with E-state index in [4.69, 9.17) is 18.9 Å². The van der Waals surface area contributed by atoms with Crippen LogP contribution in [-0.4, -0.2) is 42.0 Å². The minimum Gasteiger partial charge on any atom is -0.482 e. The second-order valence-electron chi connectivity index (χ2n) is 5.99. The molecule has 0 saturated carbocycles. The maximum atomic E-state index is 13.7. The van der Waals surface area contributed by atoms with Gasteiger partial charge in [-0.1, -0.05) is 30.3 Å². The Balaban J connectivity index is 2.60. The zero-order chi connectivity index (χ0) is 22.1. The lowest BCUT2D eigenvalue weighted by Gasteiger charge is -2.29. The molecule has 9 nitrogen and oxygen atoms in total. The van der Waals surface area contributed by atoms with Crippen LogP contribution < -0.4 is 10.1 Å². The van der Waals surface area contributed by atoms with Crippen molar-refractivity contribution in [2.75, 3.05) is 25.1 Å². The van der Waals surface area contributed by atoms with E-state index in [1.807, 2.05) is 0 Å². The second-order valence-corrected chi connectivity index (χ2v) is 8.11. The van der Waals surface area contributed by atoms with E-state index in [-0.39, 0.29) is 30.2 Å². The number of nitrogens with one attached hydrogen (secondary N) is 1. The first-order valence-electron chi connectivity index (χ1n) is 9.23. The van der Waals surface area contributed by atoms with Gasteiger partial charge in [0.2, 0.25) is 0 Å². The lowest BCUT2D eigenvalue weighted by molar-refractivity contribution is -0.139. The predicted octanol–water partition coefficient (Wildman–Crippen LogP) is 4.23. The van der Waals surface area contributed by atoms with Crippen LogP contribution in [0.2, 0.25) is 0 Å². The first-order chi connectivity index (χ1) is 14.3. The highest BCUT2D eigenvalue weighted by molar-refractivity contribution is 7.54. The van der Waals surface area contributed by atoms with Gasteiger partial charge in [-0.05, 0) is 32.0 Å². The Kier molecular flexibility index (Phi) is 8.41. The summed E-state index contributed by atoms with van der Waals surface area (Å²) in [6.07, 6.45) is 0. The van der Waals surface area contributed by atoms with E-state index in [1.165, 1.54) is 18.2 Å². The first-order valence-corrected chi connectivity index (χ1v) is 10.8. The largest absolute Gasteiger partial charge is 0.482 e. The van der Waals surface area contributed by atoms with Gasteiger partial charge in [0.1, 0.15) is 5.75 Å². The van der Waals surface area contributed by atoms with Gasteiger partial charge in [0, 0.05) is 11.3 Å². The van der Waals surface area contributed by atoms with Crippen molar-refractivity contribution in [2.45, 2.75) is 19.6 Å². The molecular formula is C20H24NO8P. The van der Waals surface area contributed by atoms with Gasteiger partial charge in [-0.15, -0.1) is 0 Å². The summed E-state index contributed by atoms with van der Waals surface area (Å²) >= 11 is 0. The molecule has 2 rings (SSSR count). The summed E-state index contributed by atoms with van der Waals surface area (Å²) in [6, 6.07) is 12.5. The van der Waals surface area contributed by atoms with E-state index in [0.717, 1.165) is 0 Å². The van der Waals surface area contributed by atoms with Gasteiger partial charge in [0.15, 0.2) is 12.4 Å². The maximum Gasteiger partial charge on any atom is 0.357 e. The number of rotatable bonds is 12. The zero-order valence-corrected chi connectivity index (χ0v) is 17.5. The fraction of sp³-hybridized carbons (Fsp3) is 0.300. The van der Waals surface area contributed by atoms with Crippen molar-refractivity contribution in [3.05, 3.63) is 59.7 Å². The number of hydrogen-bond donors (Lipinski definition) is 3. The van der Waals surface area contributed by atoms with Crippen LogP contribution in [-0.2, 0) is 18.4 Å². The molecule has 3 N–H and O–H groups in total. The standard InChI is InChI=1S/C20H24NO8P/c1-3-28-30(26,29-4-2)19(21-16-11-7-5-9-14(16)20(24)25)15-10-6-8-12-17(15)27-13-18(22)23/h5-12,19,21H,3-4,13H2,1-2H3,(H,22,23)(H,24,25). The van der Waals surface area contributed by atoms with E-state index in [2.05, 4.69) is 5.32 Å². The molecule has 0 fully saturated rings. The average molecular weight is 437 g/mol. The number of aromatic carboxylic acids is 1. The van der Waals surface area contributed by atoms with Gasteiger partial charge in [-0.3, -0.25) is 4.57 Å². The number of hydrogen-bond acceptors (Lipinski definition) is 7. The summed E-state index contributed by atoms with van der Waals surface area (Å²) in [6.45, 7) is 2.85. The van der Waals surface area contributed by atoms with Crippen molar-refractivity contribution in [1.82, 2.24) is 0 Å². The topological polar surface area (TPSA) is 131 Å². The minimum atomic E-state index is -3.87. The monoisotopic (exact) mass is 437 g/mol. The quantitative estimate of drug-likeness (QED) is 0.418. The summed E-state index contributed by atoms with van der Waals surface area (Å²) in [5.74, 6) is -3.34. The van der Waals surface area contributed by atoms with Crippen molar-refractivity contribution >= 4 is 25.2 Å². The molecule has 162 valence electrons. The van der Waals surface area contributed by atoms with Gasteiger partial charge in [0.05, 0.1) is 18.8 Å². The zero-order valence-electron chi connectivity index (χ0n) is 16.6. The second kappa shape index (κ2) is 10.8. The molecule has 0 radical (unpaired) electrons. The Labute approximate surface area is 174 Å². The molecule has 1 unspecified atom stereocenters. The molecule has 0 bridgehead atoms. The van der Waals surface area contributed by atoms with Crippen molar-refractivity contribution in [2.24, 2.45) is 0 Å². The molecule has 30 heavy (non-hydrogen) atoms. The Hall–Kier alpha value is -2.87. The third-order valence-electron chi connectivity index (χ3n) is 3.95. The number of benzene rings is 2. The van der Waals surface area contributed by atoms with Crippen LogP contribution in [0.3, 0.4) is 0 Å². The smallest absolute Gasteiger partial charge is 0.357 e. The number of para-hydroxylation sites is 2. The number of carboxylic acids is 2. The molecule has 0 amide bonds. The Bertz CT molecular complexity index is 923. The van der Waals surface area contributed by atoms with Crippen LogP contribution in [0.1, 0.15) is 35.6 Å². The highest BCUT2D eigenvalue weighted by Gasteiger charge is 2.39. The normalized spacial score (nSPS) is 12.2. The van der Waals surface area contributed by atoms with Crippen molar-refractivity contribution in [1.29, 1.82) is 0 Å². The number of ether oxygens (including phenoxy) is 1. The molecule has 0 saturated heterocycles. The first kappa shape index (κ1) is 23.4. The predicted molar refractivity (Wildman–Crippen MR) is 110 cm³/mol. The van der Waals surface area contributed by atoms with E-state index >= 15 is 0 Å². The van der Waals surface area contributed by atoms with Crippen LogP contribution in [0.25, 0.3) is 0 Å². The summed E-state index contributed by atoms with van der Waals surface area (Å²) < 4.78 is 30.0. The number of aliphatic carboxylic acids is 1. The fourth-order valence-corrected chi connectivity index (χ4v) is 4.74. The van der Waals surface area contributed by atoms with Crippen molar-refractivity contribution in [3.8, 4) is 5.75 Å². The third kappa shape index (κ3) is 5.82. The molecule has 2 aromatic rings. The molecule has 2 aromatic carbocycles. The lowest BCUT2D eigenvalue weighted by Crippen LogP contribution is -2.19. The van der Waals surface area contributed by atoms with Crippen molar-refractivity contribution in [3.63, 3.8) is 0 Å². The Morgan fingerprint density at radius 3 is 2.20 bits per heavy atom. The van der Waals surface area contributed by atoms with Crippen LogP contribution in [0.5, 0.6) is 5.75 Å². The van der Waals surface area contributed by atoms with Crippen LogP contribution >= 0.6 is 7.60 Å². The molecule has 1 atom stereocenters. The van der Waals surface area contributed by atoms with Gasteiger partial charge < -0.3 is 29.3 Å². The molecule has 0 aliphatic rings. The van der Waals surface area contributed by atoms with Crippen LogP contribution in [0.4, 0.5) is 5.69 Å². The molecule has 0 spiro atoms. The SMILES string of the molecule is CCOP(=O)(OCC)C(Nc1ccccc1C(=O)O)c1ccccc1OCC(=O)O. The summed E-state index contributed by atoms with van der Waals surface area (Å²) in [5, 5.41) is 21.4. The van der Waals surface area contributed by atoms with Gasteiger partial charge in [0.25, 0.3) is 0 Å². The Morgan fingerprint density at radius 1 is 1.00 bits per heavy atom. The molecular weight excluding hydrogens is 413 g/mol. The van der Waals surface area contributed by atoms with Gasteiger partial charge in [-0.25, -0.2) is 9.59 Å². The van der Waals surface area contributed by atoms with Crippen LogP contribution in [0, 0.1) is 0 Å². The Morgan fingerprint density at radius 2 is 1.60 bits per heavy atom. The highest BCUT2D eigenvalue weighted by atomic mass is 31.2. The number of carbonyl (C=O) groups is 2. The lowest BCUT2D eigenvalue weighted by atomic mass is 10.1. The number of anilines is 1. The van der Waals surface area contributed by atoms with Gasteiger partial charge in [-0.2, -0.15) is 0 Å². The molecule has 0 aliphatic carbocycles. The van der Waals surface area contributed by atoms with E-state index in [0.29, 0.717) is 5.56 Å². The average Bonchev–Trinajstić information content (AvgIpc) is 2.71. The molecule has 0 heterocycles.